The molecule has 0 aromatic heterocycles. The predicted octanol–water partition coefficient (Wildman–Crippen LogP) is 5.03. The summed E-state index contributed by atoms with van der Waals surface area (Å²) in [4.78, 5) is 0. The molecule has 0 saturated carbocycles. The van der Waals surface area contributed by atoms with E-state index in [1.54, 1.807) is 6.07 Å². The minimum absolute atomic E-state index is 0.0285. The Balaban J connectivity index is 1.71. The summed E-state index contributed by atoms with van der Waals surface area (Å²) in [6.45, 7) is 0. The molecule has 0 aliphatic carbocycles. The Morgan fingerprint density at radius 3 is 2.74 bits per heavy atom. The molecular formula is C16H12Cl2N4O. The van der Waals surface area contributed by atoms with E-state index in [0.717, 1.165) is 5.56 Å². The smallest absolute Gasteiger partial charge is 0.175 e. The van der Waals surface area contributed by atoms with Crippen LogP contribution in [0.4, 0.5) is 0 Å². The Morgan fingerprint density at radius 2 is 1.96 bits per heavy atom. The van der Waals surface area contributed by atoms with Crippen LogP contribution in [-0.2, 0) is 0 Å². The minimum atomic E-state index is -0.0878. The molecular weight excluding hydrogens is 335 g/mol. The summed E-state index contributed by atoms with van der Waals surface area (Å²) in [5, 5.41) is 26.6. The highest BCUT2D eigenvalue weighted by Gasteiger charge is 2.19. The van der Waals surface area contributed by atoms with Gasteiger partial charge in [-0.1, -0.05) is 53.5 Å². The first kappa shape index (κ1) is 15.6. The van der Waals surface area contributed by atoms with Crippen LogP contribution in [0.5, 0.6) is 5.75 Å². The molecule has 0 amide bonds. The van der Waals surface area contributed by atoms with Crippen LogP contribution >= 0.6 is 23.2 Å². The number of hydrogen-bond donors (Lipinski definition) is 1. The molecule has 2 aromatic carbocycles. The zero-order valence-electron chi connectivity index (χ0n) is 11.9. The average Bonchev–Trinajstić information content (AvgIpc) is 3.02. The van der Waals surface area contributed by atoms with Crippen molar-refractivity contribution in [3.05, 3.63) is 63.6 Å². The van der Waals surface area contributed by atoms with Crippen LogP contribution in [0.3, 0.4) is 0 Å². The number of hydrogen-bond acceptors (Lipinski definition) is 4. The third-order valence-corrected chi connectivity index (χ3v) is 3.81. The van der Waals surface area contributed by atoms with E-state index >= 15 is 0 Å². The molecule has 0 saturated heterocycles. The summed E-state index contributed by atoms with van der Waals surface area (Å²) in [6, 6.07) is 12.9. The normalized spacial score (nSPS) is 19.0. The second kappa shape index (κ2) is 6.89. The number of benzene rings is 2. The summed E-state index contributed by atoms with van der Waals surface area (Å²) < 4.78 is 0. The summed E-state index contributed by atoms with van der Waals surface area (Å²) >= 11 is 11.7. The number of rotatable bonds is 3. The van der Waals surface area contributed by atoms with Gasteiger partial charge in [-0.3, -0.25) is 0 Å². The average molecular weight is 347 g/mol. The third kappa shape index (κ3) is 3.75. The first-order valence-corrected chi connectivity index (χ1v) is 7.63. The van der Waals surface area contributed by atoms with Crippen molar-refractivity contribution in [2.75, 3.05) is 0 Å². The van der Waals surface area contributed by atoms with E-state index in [4.69, 9.17) is 23.2 Å². The van der Waals surface area contributed by atoms with Gasteiger partial charge in [0.2, 0.25) is 0 Å². The zero-order chi connectivity index (χ0) is 16.2. The van der Waals surface area contributed by atoms with Gasteiger partial charge in [-0.15, -0.1) is 10.2 Å². The van der Waals surface area contributed by atoms with Crippen molar-refractivity contribution in [1.82, 2.24) is 0 Å². The lowest BCUT2D eigenvalue weighted by molar-refractivity contribution is 0.474. The fourth-order valence-corrected chi connectivity index (χ4v) is 2.66. The SMILES string of the molecule is Oc1c(Cl)cc(Cl)cc1/C=N/N=C1\C[C@H](c2ccccc2)N=N1. The van der Waals surface area contributed by atoms with Gasteiger partial charge in [0, 0.05) is 17.0 Å². The fourth-order valence-electron chi connectivity index (χ4n) is 2.15. The highest BCUT2D eigenvalue weighted by atomic mass is 35.5. The van der Waals surface area contributed by atoms with Gasteiger partial charge in [0.05, 0.1) is 11.2 Å². The van der Waals surface area contributed by atoms with Crippen molar-refractivity contribution in [3.63, 3.8) is 0 Å². The van der Waals surface area contributed by atoms with E-state index in [0.29, 0.717) is 22.8 Å². The minimum Gasteiger partial charge on any atom is -0.506 e. The lowest BCUT2D eigenvalue weighted by Crippen LogP contribution is -1.95. The van der Waals surface area contributed by atoms with Gasteiger partial charge in [-0.05, 0) is 17.7 Å². The molecule has 0 spiro atoms. The first-order valence-electron chi connectivity index (χ1n) is 6.87. The molecule has 1 aliphatic rings. The van der Waals surface area contributed by atoms with Crippen molar-refractivity contribution < 1.29 is 5.11 Å². The summed E-state index contributed by atoms with van der Waals surface area (Å²) in [6.07, 6.45) is 1.97. The maximum absolute atomic E-state index is 9.83. The van der Waals surface area contributed by atoms with Gasteiger partial charge >= 0.3 is 0 Å². The molecule has 2 aromatic rings. The number of phenolic OH excluding ortho intramolecular Hbond substituents is 1. The molecule has 7 heteroatoms. The maximum atomic E-state index is 9.83. The lowest BCUT2D eigenvalue weighted by Gasteiger charge is -2.03. The molecule has 3 rings (SSSR count). The predicted molar refractivity (Wildman–Crippen MR) is 91.8 cm³/mol. The number of azo groups is 1. The van der Waals surface area contributed by atoms with Gasteiger partial charge in [0.1, 0.15) is 11.8 Å². The Kier molecular flexibility index (Phi) is 4.69. The second-order valence-corrected chi connectivity index (χ2v) is 5.78. The standard InChI is InChI=1S/C16H12Cl2N4O/c17-12-6-11(16(23)13(18)7-12)9-19-21-15-8-14(20-22-15)10-4-2-1-3-5-10/h1-7,9,14,23H,8H2/b19-9+,21-15+/t14-/m1/s1. The van der Waals surface area contributed by atoms with E-state index in [-0.39, 0.29) is 16.8 Å². The molecule has 0 bridgehead atoms. The Morgan fingerprint density at radius 1 is 1.17 bits per heavy atom. The number of halogens is 2. The molecule has 116 valence electrons. The molecule has 23 heavy (non-hydrogen) atoms. The van der Waals surface area contributed by atoms with E-state index in [2.05, 4.69) is 20.4 Å². The van der Waals surface area contributed by atoms with Gasteiger partial charge in [-0.25, -0.2) is 0 Å². The van der Waals surface area contributed by atoms with E-state index < -0.39 is 0 Å². The topological polar surface area (TPSA) is 69.7 Å². The highest BCUT2D eigenvalue weighted by molar-refractivity contribution is 6.36. The maximum Gasteiger partial charge on any atom is 0.175 e. The van der Waals surface area contributed by atoms with Gasteiger partial charge in [-0.2, -0.15) is 10.2 Å². The monoisotopic (exact) mass is 346 g/mol. The van der Waals surface area contributed by atoms with Crippen LogP contribution in [0.1, 0.15) is 23.6 Å². The zero-order valence-corrected chi connectivity index (χ0v) is 13.4. The van der Waals surface area contributed by atoms with Crippen LogP contribution in [0.2, 0.25) is 10.0 Å². The molecule has 1 N–H and O–H groups in total. The molecule has 5 nitrogen and oxygen atoms in total. The first-order chi connectivity index (χ1) is 11.1. The number of phenols is 1. The van der Waals surface area contributed by atoms with Gasteiger partial charge < -0.3 is 5.11 Å². The van der Waals surface area contributed by atoms with E-state index in [1.807, 2.05) is 30.3 Å². The van der Waals surface area contributed by atoms with Gasteiger partial charge in [0.15, 0.2) is 5.84 Å². The number of amidine groups is 1. The highest BCUT2D eigenvalue weighted by Crippen LogP contribution is 2.30. The lowest BCUT2D eigenvalue weighted by atomic mass is 10.1. The van der Waals surface area contributed by atoms with Crippen molar-refractivity contribution in [2.45, 2.75) is 12.5 Å². The van der Waals surface area contributed by atoms with Crippen molar-refractivity contribution in [1.29, 1.82) is 0 Å². The van der Waals surface area contributed by atoms with E-state index in [1.165, 1.54) is 12.3 Å². The largest absolute Gasteiger partial charge is 0.506 e. The quantitative estimate of drug-likeness (QED) is 0.614. The summed E-state index contributed by atoms with van der Waals surface area (Å²) in [7, 11) is 0. The van der Waals surface area contributed by atoms with Crippen molar-refractivity contribution >= 4 is 35.3 Å². The molecule has 1 aliphatic heterocycles. The van der Waals surface area contributed by atoms with Crippen LogP contribution in [0, 0.1) is 0 Å². The molecule has 1 atom stereocenters. The number of nitrogens with zero attached hydrogens (tertiary/aromatic N) is 4. The second-order valence-electron chi connectivity index (χ2n) is 4.93. The third-order valence-electron chi connectivity index (χ3n) is 3.30. The fraction of sp³-hybridized carbons (Fsp3) is 0.125. The van der Waals surface area contributed by atoms with Gasteiger partial charge in [0.25, 0.3) is 0 Å². The Labute approximate surface area is 143 Å². The Hall–Kier alpha value is -2.24. The summed E-state index contributed by atoms with van der Waals surface area (Å²) in [5.74, 6) is 0.443. The molecule has 0 radical (unpaired) electrons. The van der Waals surface area contributed by atoms with Crippen LogP contribution < -0.4 is 0 Å². The van der Waals surface area contributed by atoms with Crippen LogP contribution in [-0.4, -0.2) is 17.2 Å². The van der Waals surface area contributed by atoms with Crippen LogP contribution in [0.15, 0.2) is 62.9 Å². The Bertz CT molecular complexity index is 803. The van der Waals surface area contributed by atoms with Crippen molar-refractivity contribution in [2.24, 2.45) is 20.4 Å². The molecule has 0 unspecified atom stereocenters. The molecule has 0 fully saturated rings. The number of aromatic hydroxyl groups is 1. The van der Waals surface area contributed by atoms with Crippen LogP contribution in [0.25, 0.3) is 0 Å². The van der Waals surface area contributed by atoms with Crippen molar-refractivity contribution in [3.8, 4) is 5.75 Å². The summed E-state index contributed by atoms with van der Waals surface area (Å²) in [5.41, 5.74) is 1.48. The molecule has 1 heterocycles. The van der Waals surface area contributed by atoms with E-state index in [9.17, 15) is 5.11 Å².